The van der Waals surface area contributed by atoms with Crippen molar-refractivity contribution in [2.75, 3.05) is 18.0 Å². The Morgan fingerprint density at radius 3 is 2.79 bits per heavy atom. The molecule has 7 nitrogen and oxygen atoms in total. The lowest BCUT2D eigenvalue weighted by atomic mass is 10.1. The van der Waals surface area contributed by atoms with Crippen LogP contribution in [0.2, 0.25) is 0 Å². The Morgan fingerprint density at radius 2 is 2.08 bits per heavy atom. The van der Waals surface area contributed by atoms with Gasteiger partial charge in [0.2, 0.25) is 5.95 Å². The molecule has 0 saturated carbocycles. The fraction of sp³-hybridized carbons (Fsp3) is 0.294. The number of aryl methyl sites for hydroxylation is 1. The highest BCUT2D eigenvalue weighted by Crippen LogP contribution is 2.19. The summed E-state index contributed by atoms with van der Waals surface area (Å²) < 4.78 is 1.65. The van der Waals surface area contributed by atoms with Crippen molar-refractivity contribution in [3.63, 3.8) is 0 Å². The number of nitriles is 1. The van der Waals surface area contributed by atoms with Crippen LogP contribution in [0.3, 0.4) is 0 Å². The third-order valence-corrected chi connectivity index (χ3v) is 4.35. The summed E-state index contributed by atoms with van der Waals surface area (Å²) in [6.07, 6.45) is 3.91. The number of fused-ring (bicyclic) bond motifs is 1. The van der Waals surface area contributed by atoms with E-state index in [1.165, 1.54) is 0 Å². The van der Waals surface area contributed by atoms with Gasteiger partial charge in [0.15, 0.2) is 5.65 Å². The molecule has 0 radical (unpaired) electrons. The maximum Gasteiger partial charge on any atom is 0.263 e. The minimum Gasteiger partial charge on any atom is -0.342 e. The molecule has 0 aliphatic carbocycles. The van der Waals surface area contributed by atoms with Gasteiger partial charge in [-0.1, -0.05) is 0 Å². The molecular weight excluding hydrogens is 304 g/mol. The number of anilines is 1. The lowest BCUT2D eigenvalue weighted by Crippen LogP contribution is -2.23. The first-order valence-corrected chi connectivity index (χ1v) is 7.91. The van der Waals surface area contributed by atoms with Gasteiger partial charge in [0.25, 0.3) is 5.56 Å². The van der Waals surface area contributed by atoms with Crippen LogP contribution in [-0.2, 0) is 0 Å². The molecule has 4 rings (SSSR count). The third kappa shape index (κ3) is 2.33. The van der Waals surface area contributed by atoms with E-state index < -0.39 is 0 Å². The number of hydrogen-bond acceptors (Lipinski definition) is 5. The Hall–Kier alpha value is -3.14. The molecule has 1 aliphatic rings. The second-order valence-electron chi connectivity index (χ2n) is 6.01. The zero-order valence-electron chi connectivity index (χ0n) is 13.3. The summed E-state index contributed by atoms with van der Waals surface area (Å²) in [7, 11) is 0. The number of aromatic nitrogens is 4. The first kappa shape index (κ1) is 14.5. The quantitative estimate of drug-likeness (QED) is 0.778. The van der Waals surface area contributed by atoms with E-state index in [-0.39, 0.29) is 5.56 Å². The molecule has 0 spiro atoms. The highest BCUT2D eigenvalue weighted by molar-refractivity contribution is 5.74. The molecule has 3 heterocycles. The Labute approximate surface area is 138 Å². The Kier molecular flexibility index (Phi) is 3.31. The maximum atomic E-state index is 12.4. The summed E-state index contributed by atoms with van der Waals surface area (Å²) in [6, 6.07) is 7.49. The van der Waals surface area contributed by atoms with Gasteiger partial charge in [0, 0.05) is 19.3 Å². The summed E-state index contributed by atoms with van der Waals surface area (Å²) in [4.78, 5) is 21.8. The highest BCUT2D eigenvalue weighted by atomic mass is 16.1. The van der Waals surface area contributed by atoms with Gasteiger partial charge in [0.05, 0.1) is 17.3 Å². The normalized spacial score (nSPS) is 14.2. The predicted octanol–water partition coefficient (Wildman–Crippen LogP) is 1.89. The number of H-pyrrole nitrogens is 1. The summed E-state index contributed by atoms with van der Waals surface area (Å²) in [5.74, 6) is 0.590. The van der Waals surface area contributed by atoms with Crippen molar-refractivity contribution in [3.8, 4) is 11.8 Å². The second kappa shape index (κ2) is 5.49. The van der Waals surface area contributed by atoms with Crippen LogP contribution in [0, 0.1) is 18.3 Å². The van der Waals surface area contributed by atoms with Crippen molar-refractivity contribution in [3.05, 3.63) is 45.9 Å². The van der Waals surface area contributed by atoms with Gasteiger partial charge in [0.1, 0.15) is 5.39 Å². The van der Waals surface area contributed by atoms with E-state index in [1.54, 1.807) is 23.0 Å². The number of benzene rings is 1. The molecule has 1 aromatic carbocycles. The summed E-state index contributed by atoms with van der Waals surface area (Å²) in [6.45, 7) is 3.73. The third-order valence-electron chi connectivity index (χ3n) is 4.35. The standard InChI is InChI=1S/C17H16N6O/c1-11-8-12(9-18)4-5-14(11)23-10-13-15(21-23)19-17(20-16(13)24)22-6-2-3-7-22/h4-5,8,10H,2-3,6-7H2,1H3,(H,19,20,21,24). The molecule has 120 valence electrons. The average Bonchev–Trinajstić information content (AvgIpc) is 3.24. The first-order valence-electron chi connectivity index (χ1n) is 7.91. The van der Waals surface area contributed by atoms with Gasteiger partial charge in [-0.05, 0) is 43.5 Å². The van der Waals surface area contributed by atoms with E-state index in [0.29, 0.717) is 22.5 Å². The molecule has 1 saturated heterocycles. The summed E-state index contributed by atoms with van der Waals surface area (Å²) >= 11 is 0. The fourth-order valence-electron chi connectivity index (χ4n) is 3.09. The lowest BCUT2D eigenvalue weighted by Gasteiger charge is -2.14. The number of nitrogens with one attached hydrogen (secondary N) is 1. The van der Waals surface area contributed by atoms with E-state index in [4.69, 9.17) is 5.26 Å². The molecule has 1 aliphatic heterocycles. The Morgan fingerprint density at radius 1 is 1.29 bits per heavy atom. The molecule has 1 N–H and O–H groups in total. The largest absolute Gasteiger partial charge is 0.342 e. The van der Waals surface area contributed by atoms with Crippen molar-refractivity contribution >= 4 is 17.0 Å². The van der Waals surface area contributed by atoms with Gasteiger partial charge < -0.3 is 4.90 Å². The van der Waals surface area contributed by atoms with Crippen LogP contribution in [0.15, 0.2) is 29.2 Å². The van der Waals surface area contributed by atoms with Gasteiger partial charge >= 0.3 is 0 Å². The molecule has 0 amide bonds. The molecule has 0 unspecified atom stereocenters. The van der Waals surface area contributed by atoms with Crippen molar-refractivity contribution in [1.82, 2.24) is 19.7 Å². The van der Waals surface area contributed by atoms with E-state index in [0.717, 1.165) is 37.2 Å². The number of aromatic amines is 1. The van der Waals surface area contributed by atoms with Gasteiger partial charge in [-0.3, -0.25) is 9.78 Å². The topological polar surface area (TPSA) is 90.6 Å². The van der Waals surface area contributed by atoms with E-state index in [9.17, 15) is 4.79 Å². The number of rotatable bonds is 2. The molecule has 2 aromatic heterocycles. The van der Waals surface area contributed by atoms with Crippen molar-refractivity contribution < 1.29 is 0 Å². The van der Waals surface area contributed by atoms with E-state index in [2.05, 4.69) is 26.0 Å². The van der Waals surface area contributed by atoms with Crippen LogP contribution in [0.5, 0.6) is 0 Å². The Balaban J connectivity index is 1.82. The summed E-state index contributed by atoms with van der Waals surface area (Å²) in [5, 5.41) is 13.9. The molecule has 0 bridgehead atoms. The molecule has 0 atom stereocenters. The van der Waals surface area contributed by atoms with Crippen LogP contribution in [0.25, 0.3) is 16.7 Å². The first-order chi connectivity index (χ1) is 11.7. The smallest absolute Gasteiger partial charge is 0.263 e. The Bertz CT molecular complexity index is 1020. The molecular formula is C17H16N6O. The predicted molar refractivity (Wildman–Crippen MR) is 90.4 cm³/mol. The van der Waals surface area contributed by atoms with Gasteiger partial charge in [-0.25, -0.2) is 4.68 Å². The van der Waals surface area contributed by atoms with Gasteiger partial charge in [-0.2, -0.15) is 10.2 Å². The monoisotopic (exact) mass is 320 g/mol. The molecule has 24 heavy (non-hydrogen) atoms. The average molecular weight is 320 g/mol. The van der Waals surface area contributed by atoms with Crippen LogP contribution < -0.4 is 10.5 Å². The van der Waals surface area contributed by atoms with Crippen molar-refractivity contribution in [1.29, 1.82) is 5.26 Å². The van der Waals surface area contributed by atoms with Crippen LogP contribution in [-0.4, -0.2) is 32.8 Å². The SMILES string of the molecule is Cc1cc(C#N)ccc1-n1cc2c(=O)[nH]c(N3CCCC3)nc2n1. The van der Waals surface area contributed by atoms with E-state index in [1.807, 2.05) is 13.0 Å². The molecule has 3 aromatic rings. The van der Waals surface area contributed by atoms with Gasteiger partial charge in [-0.15, -0.1) is 5.10 Å². The lowest BCUT2D eigenvalue weighted by molar-refractivity contribution is 0.870. The second-order valence-corrected chi connectivity index (χ2v) is 6.01. The fourth-order valence-corrected chi connectivity index (χ4v) is 3.09. The minimum absolute atomic E-state index is 0.181. The zero-order valence-corrected chi connectivity index (χ0v) is 13.3. The van der Waals surface area contributed by atoms with E-state index >= 15 is 0 Å². The van der Waals surface area contributed by atoms with Crippen molar-refractivity contribution in [2.24, 2.45) is 0 Å². The summed E-state index contributed by atoms with van der Waals surface area (Å²) in [5.41, 5.74) is 2.59. The molecule has 7 heteroatoms. The highest BCUT2D eigenvalue weighted by Gasteiger charge is 2.17. The van der Waals surface area contributed by atoms with Crippen LogP contribution in [0.1, 0.15) is 24.0 Å². The maximum absolute atomic E-state index is 12.4. The zero-order chi connectivity index (χ0) is 16.7. The molecule has 1 fully saturated rings. The number of hydrogen-bond donors (Lipinski definition) is 1. The van der Waals surface area contributed by atoms with Crippen LogP contribution >= 0.6 is 0 Å². The van der Waals surface area contributed by atoms with Crippen molar-refractivity contribution in [2.45, 2.75) is 19.8 Å². The minimum atomic E-state index is -0.181. The van der Waals surface area contributed by atoms with Crippen LogP contribution in [0.4, 0.5) is 5.95 Å². The number of nitrogens with zero attached hydrogens (tertiary/aromatic N) is 5.